The number of carbonyl (C=O) groups is 1. The molecule has 0 saturated carbocycles. The van der Waals surface area contributed by atoms with E-state index in [1.807, 2.05) is 30.4 Å². The average Bonchev–Trinajstić information content (AvgIpc) is 3.10. The number of nitrogens with zero attached hydrogens (tertiary/aromatic N) is 3. The standard InChI is InChI=1S/C23H22FN5.C2HF3O2/c24-20-5-2-17(3-6-20)4-7-21-14-18(8-10-27-21)22-15-19(16-25)23(28-22)29-12-1-9-26-11-13-29;3-2(4,5)1(6)7/h2-8,10,14-15,26,28H,1,9,11-13H2;(H,6,7). The molecule has 0 unspecified atom stereocenters. The molecule has 188 valence electrons. The summed E-state index contributed by atoms with van der Waals surface area (Å²) in [7, 11) is 0. The van der Waals surface area contributed by atoms with Crippen LogP contribution >= 0.6 is 0 Å². The summed E-state index contributed by atoms with van der Waals surface area (Å²) in [6.45, 7) is 3.70. The fourth-order valence-electron chi connectivity index (χ4n) is 3.47. The molecule has 4 rings (SSSR count). The molecule has 0 spiro atoms. The van der Waals surface area contributed by atoms with Crippen molar-refractivity contribution in [2.75, 3.05) is 31.1 Å². The first-order valence-electron chi connectivity index (χ1n) is 11.0. The molecule has 0 aliphatic carbocycles. The third-order valence-corrected chi connectivity index (χ3v) is 5.22. The van der Waals surface area contributed by atoms with Gasteiger partial charge in [-0.3, -0.25) is 4.98 Å². The topological polar surface area (TPSA) is 105 Å². The van der Waals surface area contributed by atoms with Crippen LogP contribution in [0.15, 0.2) is 48.7 Å². The second-order valence-corrected chi connectivity index (χ2v) is 7.80. The number of alkyl halides is 3. The maximum atomic E-state index is 13.0. The van der Waals surface area contributed by atoms with Crippen LogP contribution in [0.25, 0.3) is 23.4 Å². The summed E-state index contributed by atoms with van der Waals surface area (Å²) >= 11 is 0. The fourth-order valence-corrected chi connectivity index (χ4v) is 3.47. The molecule has 0 bridgehead atoms. The van der Waals surface area contributed by atoms with Crippen molar-refractivity contribution in [3.8, 4) is 17.3 Å². The fraction of sp³-hybridized carbons (Fsp3) is 0.240. The molecule has 1 saturated heterocycles. The Kier molecular flexibility index (Phi) is 8.81. The van der Waals surface area contributed by atoms with Crippen LogP contribution in [0, 0.1) is 17.1 Å². The minimum atomic E-state index is -5.08. The van der Waals surface area contributed by atoms with Gasteiger partial charge in [-0.2, -0.15) is 18.4 Å². The second kappa shape index (κ2) is 12.0. The molecular formula is C25H23F4N5O2. The van der Waals surface area contributed by atoms with Crippen molar-refractivity contribution in [2.24, 2.45) is 0 Å². The number of rotatable bonds is 4. The highest BCUT2D eigenvalue weighted by Gasteiger charge is 2.38. The number of benzene rings is 1. The predicted octanol–water partition coefficient (Wildman–Crippen LogP) is 4.69. The van der Waals surface area contributed by atoms with E-state index < -0.39 is 12.1 Å². The average molecular weight is 501 g/mol. The Balaban J connectivity index is 0.000000454. The molecule has 1 aromatic carbocycles. The van der Waals surface area contributed by atoms with E-state index in [4.69, 9.17) is 9.90 Å². The first-order valence-corrected chi connectivity index (χ1v) is 11.0. The number of hydrogen-bond donors (Lipinski definition) is 3. The lowest BCUT2D eigenvalue weighted by atomic mass is 10.1. The largest absolute Gasteiger partial charge is 0.490 e. The van der Waals surface area contributed by atoms with Gasteiger partial charge in [-0.05, 0) is 54.9 Å². The van der Waals surface area contributed by atoms with Crippen molar-refractivity contribution >= 4 is 23.9 Å². The zero-order valence-electron chi connectivity index (χ0n) is 19.0. The SMILES string of the molecule is N#Cc1cc(-c2ccnc(C=Cc3ccc(F)cc3)c2)[nH]c1N1CCCNCC1.O=C(O)C(F)(F)F. The van der Waals surface area contributed by atoms with Gasteiger partial charge in [0, 0.05) is 37.1 Å². The Morgan fingerprint density at radius 2 is 1.83 bits per heavy atom. The van der Waals surface area contributed by atoms with E-state index in [-0.39, 0.29) is 5.82 Å². The number of aromatic nitrogens is 2. The Bertz CT molecular complexity index is 1240. The van der Waals surface area contributed by atoms with Crippen molar-refractivity contribution in [3.63, 3.8) is 0 Å². The monoisotopic (exact) mass is 501 g/mol. The van der Waals surface area contributed by atoms with Gasteiger partial charge in [0.1, 0.15) is 17.7 Å². The summed E-state index contributed by atoms with van der Waals surface area (Å²) in [4.78, 5) is 19.0. The number of hydrogen-bond acceptors (Lipinski definition) is 5. The maximum absolute atomic E-state index is 13.0. The lowest BCUT2D eigenvalue weighted by molar-refractivity contribution is -0.192. The Morgan fingerprint density at radius 3 is 2.50 bits per heavy atom. The minimum Gasteiger partial charge on any atom is -0.475 e. The second-order valence-electron chi connectivity index (χ2n) is 7.80. The molecule has 0 amide bonds. The van der Waals surface area contributed by atoms with Crippen LogP contribution in [0.1, 0.15) is 23.2 Å². The highest BCUT2D eigenvalue weighted by atomic mass is 19.4. The van der Waals surface area contributed by atoms with Gasteiger partial charge >= 0.3 is 12.1 Å². The number of aliphatic carboxylic acids is 1. The van der Waals surface area contributed by atoms with Gasteiger partial charge < -0.3 is 20.3 Å². The smallest absolute Gasteiger partial charge is 0.475 e. The third-order valence-electron chi connectivity index (χ3n) is 5.22. The van der Waals surface area contributed by atoms with Gasteiger partial charge in [0.2, 0.25) is 0 Å². The van der Waals surface area contributed by atoms with Gasteiger partial charge in [-0.15, -0.1) is 0 Å². The summed E-state index contributed by atoms with van der Waals surface area (Å²) in [5.74, 6) is -2.13. The van der Waals surface area contributed by atoms with E-state index in [1.54, 1.807) is 18.3 Å². The number of aromatic amines is 1. The van der Waals surface area contributed by atoms with Crippen LogP contribution in [0.2, 0.25) is 0 Å². The number of H-pyrrole nitrogens is 1. The zero-order chi connectivity index (χ0) is 26.1. The molecule has 11 heteroatoms. The molecule has 1 fully saturated rings. The van der Waals surface area contributed by atoms with Crippen molar-refractivity contribution in [2.45, 2.75) is 12.6 Å². The van der Waals surface area contributed by atoms with E-state index >= 15 is 0 Å². The molecule has 3 N–H and O–H groups in total. The van der Waals surface area contributed by atoms with Gasteiger partial charge in [-0.25, -0.2) is 9.18 Å². The molecule has 0 radical (unpaired) electrons. The Morgan fingerprint density at radius 1 is 1.11 bits per heavy atom. The molecule has 36 heavy (non-hydrogen) atoms. The lowest BCUT2D eigenvalue weighted by Crippen LogP contribution is -2.28. The Labute approximate surface area is 204 Å². The molecule has 7 nitrogen and oxygen atoms in total. The molecule has 2 aromatic heterocycles. The quantitative estimate of drug-likeness (QED) is 0.448. The number of carboxylic acids is 1. The molecule has 1 aliphatic rings. The van der Waals surface area contributed by atoms with Crippen molar-refractivity contribution in [1.82, 2.24) is 15.3 Å². The van der Waals surface area contributed by atoms with Crippen molar-refractivity contribution in [1.29, 1.82) is 5.26 Å². The third kappa shape index (κ3) is 7.41. The summed E-state index contributed by atoms with van der Waals surface area (Å²) in [6.07, 6.45) is 1.51. The number of carboxylic acid groups (broad SMARTS) is 1. The first-order chi connectivity index (χ1) is 17.2. The number of halogens is 4. The Hall–Kier alpha value is -4.17. The van der Waals surface area contributed by atoms with E-state index in [0.29, 0.717) is 5.56 Å². The van der Waals surface area contributed by atoms with Gasteiger partial charge in [-0.1, -0.05) is 18.2 Å². The predicted molar refractivity (Wildman–Crippen MR) is 127 cm³/mol. The number of pyridine rings is 1. The lowest BCUT2D eigenvalue weighted by Gasteiger charge is -2.20. The van der Waals surface area contributed by atoms with Crippen LogP contribution in [0.4, 0.5) is 23.4 Å². The number of nitrogens with one attached hydrogen (secondary N) is 2. The van der Waals surface area contributed by atoms with Gasteiger partial charge in [0.25, 0.3) is 0 Å². The van der Waals surface area contributed by atoms with Crippen LogP contribution in [0.5, 0.6) is 0 Å². The van der Waals surface area contributed by atoms with Crippen LogP contribution in [0.3, 0.4) is 0 Å². The molecule has 1 aliphatic heterocycles. The molecule has 3 heterocycles. The van der Waals surface area contributed by atoms with Gasteiger partial charge in [0.05, 0.1) is 11.3 Å². The molecule has 3 aromatic rings. The summed E-state index contributed by atoms with van der Waals surface area (Å²) < 4.78 is 44.8. The minimum absolute atomic E-state index is 0.252. The zero-order valence-corrected chi connectivity index (χ0v) is 19.0. The molecular weight excluding hydrogens is 478 g/mol. The van der Waals surface area contributed by atoms with E-state index in [0.717, 1.165) is 60.9 Å². The normalized spacial score (nSPS) is 14.0. The summed E-state index contributed by atoms with van der Waals surface area (Å²) in [5.41, 5.74) is 4.21. The molecule has 0 atom stereocenters. The van der Waals surface area contributed by atoms with E-state index in [9.17, 15) is 22.8 Å². The first kappa shape index (κ1) is 26.4. The van der Waals surface area contributed by atoms with Crippen LogP contribution < -0.4 is 10.2 Å². The summed E-state index contributed by atoms with van der Waals surface area (Å²) in [6, 6.07) is 14.4. The maximum Gasteiger partial charge on any atom is 0.490 e. The summed E-state index contributed by atoms with van der Waals surface area (Å²) in [5, 5.41) is 20.1. The van der Waals surface area contributed by atoms with Crippen LogP contribution in [-0.2, 0) is 4.79 Å². The van der Waals surface area contributed by atoms with Gasteiger partial charge in [0.15, 0.2) is 0 Å². The van der Waals surface area contributed by atoms with E-state index in [1.165, 1.54) is 12.1 Å². The highest BCUT2D eigenvalue weighted by Crippen LogP contribution is 2.28. The number of anilines is 1. The van der Waals surface area contributed by atoms with Crippen LogP contribution in [-0.4, -0.2) is 53.4 Å². The highest BCUT2D eigenvalue weighted by molar-refractivity contribution is 5.74. The number of nitriles is 1. The van der Waals surface area contributed by atoms with Crippen molar-refractivity contribution < 1.29 is 27.5 Å². The van der Waals surface area contributed by atoms with E-state index in [2.05, 4.69) is 26.3 Å². The van der Waals surface area contributed by atoms with Crippen molar-refractivity contribution in [3.05, 3.63) is 71.3 Å².